The molecular weight excluding hydrogens is 322 g/mol. The van der Waals surface area contributed by atoms with Gasteiger partial charge in [0.15, 0.2) is 0 Å². The molecule has 0 bridgehead atoms. The Hall–Kier alpha value is -1.92. The molecule has 0 aliphatic carbocycles. The molecule has 4 rings (SSSR count). The zero-order valence-corrected chi connectivity index (χ0v) is 14.3. The smallest absolute Gasteiger partial charge is 0.254 e. The van der Waals surface area contributed by atoms with Gasteiger partial charge < -0.3 is 15.0 Å². The number of nitrogens with one attached hydrogen (secondary N) is 1. The van der Waals surface area contributed by atoms with Crippen molar-refractivity contribution in [1.82, 2.24) is 9.88 Å². The summed E-state index contributed by atoms with van der Waals surface area (Å²) in [5, 5.41) is 7.37. The minimum Gasteiger partial charge on any atom is -0.379 e. The third-order valence-electron chi connectivity index (χ3n) is 4.84. The lowest BCUT2D eigenvalue weighted by Gasteiger charge is -2.39. The lowest BCUT2D eigenvalue weighted by molar-refractivity contribution is -0.0447. The van der Waals surface area contributed by atoms with Crippen LogP contribution in [-0.4, -0.2) is 47.1 Å². The quantitative estimate of drug-likeness (QED) is 0.931. The van der Waals surface area contributed by atoms with E-state index in [1.165, 1.54) is 0 Å². The van der Waals surface area contributed by atoms with Crippen LogP contribution in [-0.2, 0) is 4.74 Å². The van der Waals surface area contributed by atoms with Gasteiger partial charge in [-0.2, -0.15) is 11.3 Å². The van der Waals surface area contributed by atoms with Gasteiger partial charge in [-0.3, -0.25) is 9.78 Å². The molecule has 1 amide bonds. The SMILES string of the molecule is O=C(c1ccsc1)N1CCC[C@]2(C[C@@H](Nc3cccnc3)CO2)C1. The van der Waals surface area contributed by atoms with Crippen LogP contribution in [0.4, 0.5) is 5.69 Å². The molecule has 1 N–H and O–H groups in total. The molecular formula is C18H21N3O2S. The topological polar surface area (TPSA) is 54.5 Å². The average molecular weight is 343 g/mol. The van der Waals surface area contributed by atoms with Crippen LogP contribution in [0, 0.1) is 0 Å². The molecule has 4 heterocycles. The molecule has 2 aromatic heterocycles. The summed E-state index contributed by atoms with van der Waals surface area (Å²) in [7, 11) is 0. The number of piperidine rings is 1. The van der Waals surface area contributed by atoms with Crippen molar-refractivity contribution in [2.75, 3.05) is 25.0 Å². The van der Waals surface area contributed by atoms with Gasteiger partial charge in [0.2, 0.25) is 0 Å². The molecule has 0 aromatic carbocycles. The summed E-state index contributed by atoms with van der Waals surface area (Å²) in [5.41, 5.74) is 1.61. The summed E-state index contributed by atoms with van der Waals surface area (Å²) in [4.78, 5) is 18.7. The van der Waals surface area contributed by atoms with Crippen molar-refractivity contribution in [2.24, 2.45) is 0 Å². The second-order valence-electron chi connectivity index (χ2n) is 6.62. The van der Waals surface area contributed by atoms with Crippen LogP contribution < -0.4 is 5.32 Å². The Balaban J connectivity index is 1.41. The normalized spacial score (nSPS) is 26.7. The Morgan fingerprint density at radius 1 is 1.46 bits per heavy atom. The molecule has 2 fully saturated rings. The van der Waals surface area contributed by atoms with E-state index >= 15 is 0 Å². The first-order valence-electron chi connectivity index (χ1n) is 8.36. The number of likely N-dealkylation sites (tertiary alicyclic amines) is 1. The van der Waals surface area contributed by atoms with Gasteiger partial charge in [0.1, 0.15) is 0 Å². The second kappa shape index (κ2) is 6.53. The van der Waals surface area contributed by atoms with Gasteiger partial charge in [0, 0.05) is 30.7 Å². The first-order valence-corrected chi connectivity index (χ1v) is 9.30. The molecule has 2 aromatic rings. The highest BCUT2D eigenvalue weighted by atomic mass is 32.1. The van der Waals surface area contributed by atoms with Crippen LogP contribution in [0.5, 0.6) is 0 Å². The van der Waals surface area contributed by atoms with Crippen LogP contribution in [0.15, 0.2) is 41.4 Å². The van der Waals surface area contributed by atoms with Gasteiger partial charge in [-0.25, -0.2) is 0 Å². The summed E-state index contributed by atoms with van der Waals surface area (Å²) in [6, 6.07) is 6.11. The molecule has 2 saturated heterocycles. The largest absolute Gasteiger partial charge is 0.379 e. The van der Waals surface area contributed by atoms with E-state index in [-0.39, 0.29) is 17.6 Å². The van der Waals surface area contributed by atoms with Crippen molar-refractivity contribution in [1.29, 1.82) is 0 Å². The van der Waals surface area contributed by atoms with E-state index in [1.807, 2.05) is 40.1 Å². The van der Waals surface area contributed by atoms with E-state index in [4.69, 9.17) is 4.74 Å². The van der Waals surface area contributed by atoms with Crippen molar-refractivity contribution in [3.63, 3.8) is 0 Å². The number of carbonyl (C=O) groups is 1. The Labute approximate surface area is 145 Å². The highest BCUT2D eigenvalue weighted by Gasteiger charge is 2.44. The zero-order chi connectivity index (χ0) is 16.4. The molecule has 1 spiro atoms. The van der Waals surface area contributed by atoms with Crippen molar-refractivity contribution < 1.29 is 9.53 Å². The number of hydrogen-bond donors (Lipinski definition) is 1. The lowest BCUT2D eigenvalue weighted by atomic mass is 9.88. The van der Waals surface area contributed by atoms with Crippen LogP contribution in [0.2, 0.25) is 0 Å². The van der Waals surface area contributed by atoms with Gasteiger partial charge >= 0.3 is 0 Å². The molecule has 0 radical (unpaired) electrons. The van der Waals surface area contributed by atoms with Gasteiger partial charge in [0.05, 0.1) is 36.0 Å². The van der Waals surface area contributed by atoms with E-state index in [9.17, 15) is 4.79 Å². The van der Waals surface area contributed by atoms with Crippen LogP contribution >= 0.6 is 11.3 Å². The lowest BCUT2D eigenvalue weighted by Crippen LogP contribution is -2.50. The number of hydrogen-bond acceptors (Lipinski definition) is 5. The standard InChI is InChI=1S/C18H21N3O2S/c22-17(14-4-8-24-12-14)21-7-2-5-18(13-21)9-16(11-23-18)20-15-3-1-6-19-10-15/h1,3-4,6,8,10,12,16,20H,2,5,7,9,11,13H2/t16-,18+/m1/s1. The number of thiophene rings is 1. The maximum Gasteiger partial charge on any atom is 0.254 e. The van der Waals surface area contributed by atoms with Crippen LogP contribution in [0.25, 0.3) is 0 Å². The minimum absolute atomic E-state index is 0.127. The zero-order valence-electron chi connectivity index (χ0n) is 13.5. The van der Waals surface area contributed by atoms with Gasteiger partial charge in [-0.05, 0) is 36.4 Å². The third-order valence-corrected chi connectivity index (χ3v) is 5.52. The number of anilines is 1. The molecule has 24 heavy (non-hydrogen) atoms. The molecule has 0 unspecified atom stereocenters. The van der Waals surface area contributed by atoms with Crippen LogP contribution in [0.3, 0.4) is 0 Å². The summed E-state index contributed by atoms with van der Waals surface area (Å²) in [5.74, 6) is 0.127. The van der Waals surface area contributed by atoms with Gasteiger partial charge in [-0.1, -0.05) is 0 Å². The van der Waals surface area contributed by atoms with Crippen LogP contribution in [0.1, 0.15) is 29.6 Å². The Kier molecular flexibility index (Phi) is 4.24. The predicted molar refractivity (Wildman–Crippen MR) is 94.4 cm³/mol. The number of pyridine rings is 1. The average Bonchev–Trinajstić information content (AvgIpc) is 3.26. The van der Waals surface area contributed by atoms with E-state index in [0.717, 1.165) is 37.1 Å². The maximum atomic E-state index is 12.6. The highest BCUT2D eigenvalue weighted by molar-refractivity contribution is 7.08. The molecule has 2 aliphatic heterocycles. The predicted octanol–water partition coefficient (Wildman–Crippen LogP) is 3.02. The second-order valence-corrected chi connectivity index (χ2v) is 7.40. The van der Waals surface area contributed by atoms with E-state index in [0.29, 0.717) is 13.2 Å². The Morgan fingerprint density at radius 3 is 3.21 bits per heavy atom. The fourth-order valence-electron chi connectivity index (χ4n) is 3.75. The number of ether oxygens (including phenoxy) is 1. The maximum absolute atomic E-state index is 12.6. The van der Waals surface area contributed by atoms with E-state index in [1.54, 1.807) is 17.5 Å². The molecule has 126 valence electrons. The Morgan fingerprint density at radius 2 is 2.42 bits per heavy atom. The monoisotopic (exact) mass is 343 g/mol. The summed E-state index contributed by atoms with van der Waals surface area (Å²) >= 11 is 1.56. The Bertz CT molecular complexity index is 692. The third kappa shape index (κ3) is 3.16. The number of carbonyl (C=O) groups excluding carboxylic acids is 1. The summed E-state index contributed by atoms with van der Waals surface area (Å²) in [6.07, 6.45) is 6.54. The number of amides is 1. The number of nitrogens with zero attached hydrogens (tertiary/aromatic N) is 2. The first-order chi connectivity index (χ1) is 11.7. The number of aromatic nitrogens is 1. The fourth-order valence-corrected chi connectivity index (χ4v) is 4.38. The van der Waals surface area contributed by atoms with Gasteiger partial charge in [0.25, 0.3) is 5.91 Å². The van der Waals surface area contributed by atoms with Crippen molar-refractivity contribution in [3.8, 4) is 0 Å². The molecule has 0 saturated carbocycles. The molecule has 5 nitrogen and oxygen atoms in total. The molecule has 6 heteroatoms. The van der Waals surface area contributed by atoms with E-state index in [2.05, 4.69) is 10.3 Å². The van der Waals surface area contributed by atoms with Gasteiger partial charge in [-0.15, -0.1) is 0 Å². The minimum atomic E-state index is -0.205. The number of rotatable bonds is 3. The molecule has 2 aliphatic rings. The van der Waals surface area contributed by atoms with E-state index < -0.39 is 0 Å². The van der Waals surface area contributed by atoms with Crippen molar-refractivity contribution in [3.05, 3.63) is 46.9 Å². The highest BCUT2D eigenvalue weighted by Crippen LogP contribution is 2.36. The fraction of sp³-hybridized carbons (Fsp3) is 0.444. The molecule has 2 atom stereocenters. The van der Waals surface area contributed by atoms with Crippen molar-refractivity contribution >= 4 is 22.9 Å². The van der Waals surface area contributed by atoms with Crippen molar-refractivity contribution in [2.45, 2.75) is 30.9 Å². The summed E-state index contributed by atoms with van der Waals surface area (Å²) < 4.78 is 6.19. The summed E-state index contributed by atoms with van der Waals surface area (Å²) in [6.45, 7) is 2.18. The first kappa shape index (κ1) is 15.6.